The first-order valence-corrected chi connectivity index (χ1v) is 6.22. The molecule has 1 amide bonds. The van der Waals surface area contributed by atoms with Gasteiger partial charge in [0, 0.05) is 18.3 Å². The molecule has 17 heavy (non-hydrogen) atoms. The minimum absolute atomic E-state index is 0.0411. The lowest BCUT2D eigenvalue weighted by molar-refractivity contribution is 0.0938. The average Bonchev–Trinajstić information content (AvgIpc) is 2.39. The number of amides is 1. The van der Waals surface area contributed by atoms with E-state index in [-0.39, 0.29) is 11.9 Å². The topological polar surface area (TPSA) is 41.1 Å². The Morgan fingerprint density at radius 1 is 1.41 bits per heavy atom. The van der Waals surface area contributed by atoms with E-state index in [1.807, 2.05) is 25.1 Å². The van der Waals surface area contributed by atoms with Gasteiger partial charge in [0.15, 0.2) is 0 Å². The van der Waals surface area contributed by atoms with Crippen LogP contribution < -0.4 is 10.6 Å². The first kappa shape index (κ1) is 12.0. The minimum atomic E-state index is 0.0411. The van der Waals surface area contributed by atoms with Crippen molar-refractivity contribution < 1.29 is 4.79 Å². The Morgan fingerprint density at radius 3 is 2.88 bits per heavy atom. The van der Waals surface area contributed by atoms with E-state index in [4.69, 9.17) is 0 Å². The van der Waals surface area contributed by atoms with Gasteiger partial charge in [-0.25, -0.2) is 0 Å². The predicted molar refractivity (Wildman–Crippen MR) is 70.4 cm³/mol. The highest BCUT2D eigenvalue weighted by molar-refractivity contribution is 6.01. The van der Waals surface area contributed by atoms with Gasteiger partial charge < -0.3 is 10.6 Å². The highest BCUT2D eigenvalue weighted by Crippen LogP contribution is 2.23. The summed E-state index contributed by atoms with van der Waals surface area (Å²) in [5, 5.41) is 6.49. The lowest BCUT2D eigenvalue weighted by atomic mass is 10.0. The van der Waals surface area contributed by atoms with Crippen molar-refractivity contribution in [3.8, 4) is 0 Å². The van der Waals surface area contributed by atoms with E-state index in [0.29, 0.717) is 5.92 Å². The summed E-state index contributed by atoms with van der Waals surface area (Å²) in [4.78, 5) is 12.1. The molecule has 3 nitrogen and oxygen atoms in total. The van der Waals surface area contributed by atoms with Gasteiger partial charge in [-0.05, 0) is 30.9 Å². The van der Waals surface area contributed by atoms with E-state index in [0.717, 1.165) is 29.8 Å². The Balaban J connectivity index is 2.23. The molecule has 0 bridgehead atoms. The molecule has 0 spiro atoms. The summed E-state index contributed by atoms with van der Waals surface area (Å²) in [6, 6.07) is 6.05. The summed E-state index contributed by atoms with van der Waals surface area (Å²) in [7, 11) is 0. The molecule has 0 saturated carbocycles. The molecule has 0 radical (unpaired) electrons. The fourth-order valence-electron chi connectivity index (χ4n) is 2.34. The number of benzene rings is 1. The van der Waals surface area contributed by atoms with E-state index < -0.39 is 0 Å². The van der Waals surface area contributed by atoms with Crippen molar-refractivity contribution in [3.63, 3.8) is 0 Å². The maximum Gasteiger partial charge on any atom is 0.253 e. The number of carbonyl (C=O) groups excluding carboxylic acids is 1. The number of fused-ring (bicyclic) bond motifs is 1. The molecule has 0 aromatic heterocycles. The molecule has 1 aromatic carbocycles. The third-order valence-electron chi connectivity index (χ3n) is 3.13. The molecule has 2 N–H and O–H groups in total. The summed E-state index contributed by atoms with van der Waals surface area (Å²) in [6.07, 6.45) is 1.01. The Morgan fingerprint density at radius 2 is 2.18 bits per heavy atom. The number of hydrogen-bond acceptors (Lipinski definition) is 2. The van der Waals surface area contributed by atoms with Crippen LogP contribution in [0.3, 0.4) is 0 Å². The molecule has 0 fully saturated rings. The molecule has 1 aliphatic heterocycles. The van der Waals surface area contributed by atoms with Crippen molar-refractivity contribution in [2.24, 2.45) is 5.92 Å². The molecular weight excluding hydrogens is 212 g/mol. The standard InChI is InChI=1S/C14H20N2O/c1-9(2)7-11-8-15-13-10(3)5-4-6-12(13)14(17)16-11/h4-6,9,11,15H,7-8H2,1-3H3,(H,16,17). The molecule has 3 heteroatoms. The highest BCUT2D eigenvalue weighted by atomic mass is 16.1. The smallest absolute Gasteiger partial charge is 0.253 e. The number of anilines is 1. The molecule has 0 aliphatic carbocycles. The lowest BCUT2D eigenvalue weighted by Crippen LogP contribution is -2.37. The zero-order chi connectivity index (χ0) is 12.4. The first-order valence-electron chi connectivity index (χ1n) is 6.22. The van der Waals surface area contributed by atoms with Gasteiger partial charge in [0.05, 0.1) is 5.56 Å². The Bertz CT molecular complexity index is 426. The Hall–Kier alpha value is -1.51. The van der Waals surface area contributed by atoms with Gasteiger partial charge in [0.2, 0.25) is 0 Å². The van der Waals surface area contributed by atoms with E-state index in [1.54, 1.807) is 0 Å². The van der Waals surface area contributed by atoms with Crippen LogP contribution in [0.2, 0.25) is 0 Å². The summed E-state index contributed by atoms with van der Waals surface area (Å²) >= 11 is 0. The van der Waals surface area contributed by atoms with Crippen LogP contribution in [0.1, 0.15) is 36.2 Å². The van der Waals surface area contributed by atoms with E-state index >= 15 is 0 Å². The number of nitrogens with one attached hydrogen (secondary N) is 2. The SMILES string of the molecule is Cc1cccc2c1NCC(CC(C)C)NC2=O. The van der Waals surface area contributed by atoms with Crippen LogP contribution in [-0.4, -0.2) is 18.5 Å². The van der Waals surface area contributed by atoms with Crippen molar-refractivity contribution in [3.05, 3.63) is 29.3 Å². The first-order chi connectivity index (χ1) is 8.08. The average molecular weight is 232 g/mol. The van der Waals surface area contributed by atoms with Crippen LogP contribution in [-0.2, 0) is 0 Å². The fraction of sp³-hybridized carbons (Fsp3) is 0.500. The van der Waals surface area contributed by atoms with Gasteiger partial charge in [0.25, 0.3) is 5.91 Å². The molecule has 92 valence electrons. The van der Waals surface area contributed by atoms with Crippen LogP contribution in [0, 0.1) is 12.8 Å². The van der Waals surface area contributed by atoms with E-state index in [1.165, 1.54) is 0 Å². The van der Waals surface area contributed by atoms with Gasteiger partial charge in [-0.15, -0.1) is 0 Å². The van der Waals surface area contributed by atoms with E-state index in [9.17, 15) is 4.79 Å². The molecule has 0 saturated heterocycles. The largest absolute Gasteiger partial charge is 0.382 e. The van der Waals surface area contributed by atoms with Gasteiger partial charge in [0.1, 0.15) is 0 Å². The van der Waals surface area contributed by atoms with Crippen LogP contribution >= 0.6 is 0 Å². The number of para-hydroxylation sites is 1. The number of rotatable bonds is 2. The second kappa shape index (κ2) is 4.78. The van der Waals surface area contributed by atoms with Crippen molar-refractivity contribution in [2.75, 3.05) is 11.9 Å². The molecule has 1 unspecified atom stereocenters. The van der Waals surface area contributed by atoms with Crippen molar-refractivity contribution in [1.82, 2.24) is 5.32 Å². The number of hydrogen-bond donors (Lipinski definition) is 2. The fourth-order valence-corrected chi connectivity index (χ4v) is 2.34. The van der Waals surface area contributed by atoms with Gasteiger partial charge in [-0.1, -0.05) is 26.0 Å². The molecule has 1 aliphatic rings. The zero-order valence-electron chi connectivity index (χ0n) is 10.7. The van der Waals surface area contributed by atoms with Crippen LogP contribution in [0.15, 0.2) is 18.2 Å². The summed E-state index contributed by atoms with van der Waals surface area (Å²) in [5.74, 6) is 0.628. The summed E-state index contributed by atoms with van der Waals surface area (Å²) in [5.41, 5.74) is 2.87. The predicted octanol–water partition coefficient (Wildman–Crippen LogP) is 2.57. The zero-order valence-corrected chi connectivity index (χ0v) is 10.7. The van der Waals surface area contributed by atoms with E-state index in [2.05, 4.69) is 24.5 Å². The summed E-state index contributed by atoms with van der Waals surface area (Å²) < 4.78 is 0. The maximum absolute atomic E-state index is 12.1. The molecule has 2 rings (SSSR count). The summed E-state index contributed by atoms with van der Waals surface area (Å²) in [6.45, 7) is 7.19. The third-order valence-corrected chi connectivity index (χ3v) is 3.13. The third kappa shape index (κ3) is 2.60. The molecule has 1 aromatic rings. The monoisotopic (exact) mass is 232 g/mol. The normalized spacial score (nSPS) is 19.3. The molecule has 1 heterocycles. The van der Waals surface area contributed by atoms with Crippen LogP contribution in [0.25, 0.3) is 0 Å². The van der Waals surface area contributed by atoms with Crippen molar-refractivity contribution in [2.45, 2.75) is 33.2 Å². The second-order valence-corrected chi connectivity index (χ2v) is 5.18. The highest BCUT2D eigenvalue weighted by Gasteiger charge is 2.22. The van der Waals surface area contributed by atoms with Gasteiger partial charge in [-0.3, -0.25) is 4.79 Å². The van der Waals surface area contributed by atoms with Gasteiger partial charge >= 0.3 is 0 Å². The number of aryl methyl sites for hydroxylation is 1. The minimum Gasteiger partial charge on any atom is -0.382 e. The van der Waals surface area contributed by atoms with Gasteiger partial charge in [-0.2, -0.15) is 0 Å². The Labute approximate surface area is 103 Å². The lowest BCUT2D eigenvalue weighted by Gasteiger charge is -2.18. The number of carbonyl (C=O) groups is 1. The maximum atomic E-state index is 12.1. The van der Waals surface area contributed by atoms with Crippen molar-refractivity contribution in [1.29, 1.82) is 0 Å². The molecule has 1 atom stereocenters. The molecular formula is C14H20N2O. The Kier molecular flexibility index (Phi) is 3.36. The van der Waals surface area contributed by atoms with Crippen molar-refractivity contribution >= 4 is 11.6 Å². The quantitative estimate of drug-likeness (QED) is 0.822. The second-order valence-electron chi connectivity index (χ2n) is 5.18. The van der Waals surface area contributed by atoms with Crippen LogP contribution in [0.5, 0.6) is 0 Å². The van der Waals surface area contributed by atoms with Crippen LogP contribution in [0.4, 0.5) is 5.69 Å².